The number of amides is 2. The van der Waals surface area contributed by atoms with Crippen LogP contribution in [0.1, 0.15) is 43.4 Å². The van der Waals surface area contributed by atoms with Gasteiger partial charge in [-0.1, -0.05) is 52.3 Å². The largest absolute Gasteiger partial charge is 0.351 e. The van der Waals surface area contributed by atoms with E-state index >= 15 is 0 Å². The molecular weight excluding hydrogens is 404 g/mol. The molecule has 0 atom stereocenters. The van der Waals surface area contributed by atoms with Gasteiger partial charge in [-0.05, 0) is 49.1 Å². The van der Waals surface area contributed by atoms with Crippen molar-refractivity contribution in [3.05, 3.63) is 69.7 Å². The lowest BCUT2D eigenvalue weighted by molar-refractivity contribution is -0.128. The standard InChI is InChI=1S/C22H25BrN2O2/c1-22(2,18-8-10-19(23)11-9-18)21(27)24-14-16-5-3-6-17(13-16)15-25-12-4-7-20(25)26/h3,5-6,8-11,13H,4,7,12,14-15H2,1-2H3,(H,24,27). The van der Waals surface area contributed by atoms with Gasteiger partial charge < -0.3 is 10.2 Å². The molecule has 1 heterocycles. The number of nitrogens with zero attached hydrogens (tertiary/aromatic N) is 1. The Morgan fingerprint density at radius 3 is 2.52 bits per heavy atom. The van der Waals surface area contributed by atoms with Crippen molar-refractivity contribution in [3.63, 3.8) is 0 Å². The summed E-state index contributed by atoms with van der Waals surface area (Å²) in [7, 11) is 0. The predicted molar refractivity (Wildman–Crippen MR) is 110 cm³/mol. The van der Waals surface area contributed by atoms with E-state index in [-0.39, 0.29) is 11.8 Å². The monoisotopic (exact) mass is 428 g/mol. The Morgan fingerprint density at radius 2 is 1.85 bits per heavy atom. The number of carbonyl (C=O) groups excluding carboxylic acids is 2. The van der Waals surface area contributed by atoms with Crippen LogP contribution in [0.4, 0.5) is 0 Å². The van der Waals surface area contributed by atoms with Gasteiger partial charge in [-0.15, -0.1) is 0 Å². The van der Waals surface area contributed by atoms with Gasteiger partial charge in [0.05, 0.1) is 5.41 Å². The van der Waals surface area contributed by atoms with Gasteiger partial charge in [0.15, 0.2) is 0 Å². The van der Waals surface area contributed by atoms with Crippen LogP contribution in [-0.4, -0.2) is 23.3 Å². The normalized spacial score (nSPS) is 14.5. The molecule has 0 radical (unpaired) electrons. The molecule has 0 spiro atoms. The molecule has 27 heavy (non-hydrogen) atoms. The summed E-state index contributed by atoms with van der Waals surface area (Å²) in [6.45, 7) is 5.81. The van der Waals surface area contributed by atoms with Crippen LogP contribution in [0.3, 0.4) is 0 Å². The van der Waals surface area contributed by atoms with E-state index < -0.39 is 5.41 Å². The van der Waals surface area contributed by atoms with E-state index in [4.69, 9.17) is 0 Å². The summed E-state index contributed by atoms with van der Waals surface area (Å²) in [5.41, 5.74) is 2.51. The van der Waals surface area contributed by atoms with Crippen molar-refractivity contribution in [1.82, 2.24) is 10.2 Å². The average molecular weight is 429 g/mol. The molecule has 1 fully saturated rings. The molecule has 1 saturated heterocycles. The molecule has 5 heteroatoms. The van der Waals surface area contributed by atoms with E-state index in [1.54, 1.807) is 0 Å². The molecule has 0 aromatic heterocycles. The summed E-state index contributed by atoms with van der Waals surface area (Å²) < 4.78 is 0.996. The minimum absolute atomic E-state index is 0.00931. The summed E-state index contributed by atoms with van der Waals surface area (Å²) in [6.07, 6.45) is 1.60. The maximum absolute atomic E-state index is 12.8. The molecular formula is C22H25BrN2O2. The van der Waals surface area contributed by atoms with Crippen LogP contribution in [0.15, 0.2) is 53.0 Å². The zero-order chi connectivity index (χ0) is 19.4. The van der Waals surface area contributed by atoms with Crippen LogP contribution >= 0.6 is 15.9 Å². The lowest BCUT2D eigenvalue weighted by Gasteiger charge is -2.24. The van der Waals surface area contributed by atoms with Gasteiger partial charge in [0.2, 0.25) is 11.8 Å². The zero-order valence-corrected chi connectivity index (χ0v) is 17.4. The summed E-state index contributed by atoms with van der Waals surface area (Å²) >= 11 is 3.43. The first-order valence-electron chi connectivity index (χ1n) is 9.26. The van der Waals surface area contributed by atoms with Crippen molar-refractivity contribution in [2.24, 2.45) is 0 Å². The quantitative estimate of drug-likeness (QED) is 0.750. The van der Waals surface area contributed by atoms with E-state index in [1.165, 1.54) is 0 Å². The van der Waals surface area contributed by atoms with Crippen molar-refractivity contribution in [1.29, 1.82) is 0 Å². The second-order valence-corrected chi connectivity index (χ2v) is 8.47. The zero-order valence-electron chi connectivity index (χ0n) is 15.8. The van der Waals surface area contributed by atoms with Crippen LogP contribution in [0.25, 0.3) is 0 Å². The van der Waals surface area contributed by atoms with E-state index in [2.05, 4.69) is 27.3 Å². The summed E-state index contributed by atoms with van der Waals surface area (Å²) in [5, 5.41) is 3.05. The molecule has 0 bridgehead atoms. The predicted octanol–water partition coefficient (Wildman–Crippen LogP) is 4.17. The van der Waals surface area contributed by atoms with Crippen molar-refractivity contribution in [2.75, 3.05) is 6.54 Å². The fourth-order valence-electron chi connectivity index (χ4n) is 3.33. The number of hydrogen-bond acceptors (Lipinski definition) is 2. The molecule has 2 amide bonds. The number of likely N-dealkylation sites (tertiary alicyclic amines) is 1. The van der Waals surface area contributed by atoms with Crippen molar-refractivity contribution >= 4 is 27.7 Å². The highest BCUT2D eigenvalue weighted by Gasteiger charge is 2.29. The minimum atomic E-state index is -0.611. The Balaban J connectivity index is 1.62. The first kappa shape index (κ1) is 19.6. The third-order valence-corrected chi connectivity index (χ3v) is 5.65. The third-order valence-electron chi connectivity index (χ3n) is 5.12. The Labute approximate surface area is 169 Å². The van der Waals surface area contributed by atoms with Crippen molar-refractivity contribution < 1.29 is 9.59 Å². The average Bonchev–Trinajstić information content (AvgIpc) is 3.05. The van der Waals surface area contributed by atoms with Gasteiger partial charge >= 0.3 is 0 Å². The third kappa shape index (κ3) is 4.78. The van der Waals surface area contributed by atoms with Gasteiger partial charge in [-0.2, -0.15) is 0 Å². The molecule has 1 aliphatic heterocycles. The van der Waals surface area contributed by atoms with E-state index in [1.807, 2.05) is 61.2 Å². The topological polar surface area (TPSA) is 49.4 Å². The molecule has 142 valence electrons. The van der Waals surface area contributed by atoms with Gasteiger partial charge in [0.1, 0.15) is 0 Å². The Bertz CT molecular complexity index is 830. The maximum atomic E-state index is 12.8. The van der Waals surface area contributed by atoms with E-state index in [0.717, 1.165) is 34.1 Å². The first-order valence-corrected chi connectivity index (χ1v) is 10.1. The highest BCUT2D eigenvalue weighted by atomic mass is 79.9. The molecule has 4 nitrogen and oxygen atoms in total. The molecule has 2 aromatic carbocycles. The second-order valence-electron chi connectivity index (χ2n) is 7.55. The first-order chi connectivity index (χ1) is 12.9. The molecule has 0 unspecified atom stereocenters. The number of hydrogen-bond donors (Lipinski definition) is 1. The minimum Gasteiger partial charge on any atom is -0.351 e. The summed E-state index contributed by atoms with van der Waals surface area (Å²) in [5.74, 6) is 0.217. The van der Waals surface area contributed by atoms with E-state index in [0.29, 0.717) is 19.5 Å². The summed E-state index contributed by atoms with van der Waals surface area (Å²) in [6, 6.07) is 15.9. The number of rotatable bonds is 6. The second kappa shape index (κ2) is 8.26. The fraction of sp³-hybridized carbons (Fsp3) is 0.364. The smallest absolute Gasteiger partial charge is 0.230 e. The highest BCUT2D eigenvalue weighted by Crippen LogP contribution is 2.25. The lowest BCUT2D eigenvalue weighted by Crippen LogP contribution is -2.39. The van der Waals surface area contributed by atoms with Crippen LogP contribution in [0.2, 0.25) is 0 Å². The number of halogens is 1. The van der Waals surface area contributed by atoms with Gasteiger partial charge in [0.25, 0.3) is 0 Å². The van der Waals surface area contributed by atoms with Gasteiger partial charge in [-0.3, -0.25) is 9.59 Å². The fourth-order valence-corrected chi connectivity index (χ4v) is 3.59. The Kier molecular flexibility index (Phi) is 6.00. The van der Waals surface area contributed by atoms with Crippen LogP contribution in [0, 0.1) is 0 Å². The molecule has 0 saturated carbocycles. The number of carbonyl (C=O) groups is 2. The van der Waals surface area contributed by atoms with Crippen molar-refractivity contribution in [2.45, 2.75) is 45.2 Å². The Hall–Kier alpha value is -2.14. The maximum Gasteiger partial charge on any atom is 0.230 e. The van der Waals surface area contributed by atoms with Gasteiger partial charge in [0, 0.05) is 30.5 Å². The number of nitrogens with one attached hydrogen (secondary N) is 1. The van der Waals surface area contributed by atoms with Crippen LogP contribution in [-0.2, 0) is 28.1 Å². The highest BCUT2D eigenvalue weighted by molar-refractivity contribution is 9.10. The Morgan fingerprint density at radius 1 is 1.15 bits per heavy atom. The molecule has 1 N–H and O–H groups in total. The van der Waals surface area contributed by atoms with Crippen molar-refractivity contribution in [3.8, 4) is 0 Å². The number of benzene rings is 2. The van der Waals surface area contributed by atoms with Crippen LogP contribution < -0.4 is 5.32 Å². The summed E-state index contributed by atoms with van der Waals surface area (Å²) in [4.78, 5) is 26.5. The molecule has 0 aliphatic carbocycles. The molecule has 1 aliphatic rings. The SMILES string of the molecule is CC(C)(C(=O)NCc1cccc(CN2CCCC2=O)c1)c1ccc(Br)cc1. The molecule has 2 aromatic rings. The lowest BCUT2D eigenvalue weighted by atomic mass is 9.83. The van der Waals surface area contributed by atoms with E-state index in [9.17, 15) is 9.59 Å². The van der Waals surface area contributed by atoms with Gasteiger partial charge in [-0.25, -0.2) is 0 Å². The molecule has 3 rings (SSSR count). The van der Waals surface area contributed by atoms with Crippen LogP contribution in [0.5, 0.6) is 0 Å².